The van der Waals surface area contributed by atoms with Gasteiger partial charge in [-0.15, -0.1) is 0 Å². The van der Waals surface area contributed by atoms with Gasteiger partial charge in [0.2, 0.25) is 5.91 Å². The molecule has 0 atom stereocenters. The molecule has 2 aromatic rings. The first kappa shape index (κ1) is 15.6. The summed E-state index contributed by atoms with van der Waals surface area (Å²) < 4.78 is 1.83. The molecule has 0 aliphatic carbocycles. The van der Waals surface area contributed by atoms with Crippen LogP contribution in [0, 0.1) is 3.57 Å². The van der Waals surface area contributed by atoms with Gasteiger partial charge in [0.25, 0.3) is 0 Å². The van der Waals surface area contributed by atoms with Crippen molar-refractivity contribution in [2.45, 2.75) is 0 Å². The van der Waals surface area contributed by atoms with E-state index in [1.165, 1.54) is 0 Å². The van der Waals surface area contributed by atoms with Crippen molar-refractivity contribution in [2.24, 2.45) is 0 Å². The zero-order chi connectivity index (χ0) is 14.5. The highest BCUT2D eigenvalue weighted by molar-refractivity contribution is 14.1. The molecule has 104 valence electrons. The van der Waals surface area contributed by atoms with E-state index < -0.39 is 0 Å². The standard InChI is InChI=1S/C14H11BrClIN2O/c15-10-3-1-2-4-12(10)19-14(20)8-18-13-6-5-9(16)7-11(13)17/h1-7,18H,8H2,(H,19,20). The van der Waals surface area contributed by atoms with Gasteiger partial charge in [0, 0.05) is 18.8 Å². The molecule has 0 aliphatic heterocycles. The average Bonchev–Trinajstić information content (AvgIpc) is 2.40. The molecule has 1 amide bonds. The van der Waals surface area contributed by atoms with Crippen molar-refractivity contribution < 1.29 is 4.79 Å². The predicted octanol–water partition coefficient (Wildman–Crippen LogP) is 4.76. The van der Waals surface area contributed by atoms with Gasteiger partial charge in [-0.05, 0) is 68.9 Å². The summed E-state index contributed by atoms with van der Waals surface area (Å²) in [4.78, 5) is 11.9. The largest absolute Gasteiger partial charge is 0.375 e. The number of rotatable bonds is 4. The Hall–Kier alpha value is -0.790. The molecular weight excluding hydrogens is 454 g/mol. The van der Waals surface area contributed by atoms with Gasteiger partial charge in [-0.2, -0.15) is 0 Å². The minimum atomic E-state index is -0.109. The van der Waals surface area contributed by atoms with Crippen LogP contribution in [-0.4, -0.2) is 12.5 Å². The van der Waals surface area contributed by atoms with E-state index in [4.69, 9.17) is 11.6 Å². The van der Waals surface area contributed by atoms with Crippen LogP contribution in [-0.2, 0) is 4.79 Å². The van der Waals surface area contributed by atoms with Crippen molar-refractivity contribution in [1.82, 2.24) is 0 Å². The van der Waals surface area contributed by atoms with E-state index in [2.05, 4.69) is 49.2 Å². The third-order valence-electron chi connectivity index (χ3n) is 2.52. The second-order valence-corrected chi connectivity index (χ2v) is 6.46. The maximum absolute atomic E-state index is 11.9. The second kappa shape index (κ2) is 7.28. The van der Waals surface area contributed by atoms with E-state index in [9.17, 15) is 4.79 Å². The zero-order valence-corrected chi connectivity index (χ0v) is 14.8. The van der Waals surface area contributed by atoms with Gasteiger partial charge in [0.1, 0.15) is 0 Å². The Balaban J connectivity index is 1.94. The molecule has 2 aromatic carbocycles. The fourth-order valence-corrected chi connectivity index (χ4v) is 3.01. The molecule has 20 heavy (non-hydrogen) atoms. The maximum atomic E-state index is 11.9. The van der Waals surface area contributed by atoms with Crippen LogP contribution >= 0.6 is 50.1 Å². The predicted molar refractivity (Wildman–Crippen MR) is 95.4 cm³/mol. The first-order chi connectivity index (χ1) is 9.56. The van der Waals surface area contributed by atoms with E-state index in [0.29, 0.717) is 5.02 Å². The highest BCUT2D eigenvalue weighted by Crippen LogP contribution is 2.23. The Labute approximate surface area is 144 Å². The van der Waals surface area contributed by atoms with Crippen LogP contribution in [0.25, 0.3) is 0 Å². The normalized spacial score (nSPS) is 10.2. The van der Waals surface area contributed by atoms with E-state index >= 15 is 0 Å². The smallest absolute Gasteiger partial charge is 0.243 e. The van der Waals surface area contributed by atoms with Gasteiger partial charge in [-0.3, -0.25) is 4.79 Å². The third-order valence-corrected chi connectivity index (χ3v) is 4.34. The number of hydrogen-bond acceptors (Lipinski definition) is 2. The molecule has 2 rings (SSSR count). The number of halogens is 3. The van der Waals surface area contributed by atoms with Crippen LogP contribution < -0.4 is 10.6 Å². The van der Waals surface area contributed by atoms with Crippen LogP contribution in [0.3, 0.4) is 0 Å². The van der Waals surface area contributed by atoms with Crippen LogP contribution in [0.4, 0.5) is 11.4 Å². The second-order valence-electron chi connectivity index (χ2n) is 4.01. The van der Waals surface area contributed by atoms with E-state index in [-0.39, 0.29) is 12.5 Å². The van der Waals surface area contributed by atoms with E-state index in [0.717, 1.165) is 19.4 Å². The molecule has 0 bridgehead atoms. The van der Waals surface area contributed by atoms with Crippen molar-refractivity contribution in [2.75, 3.05) is 17.2 Å². The lowest BCUT2D eigenvalue weighted by Crippen LogP contribution is -2.22. The molecule has 0 aliphatic rings. The lowest BCUT2D eigenvalue weighted by Gasteiger charge is -2.10. The highest BCUT2D eigenvalue weighted by atomic mass is 127. The summed E-state index contributed by atoms with van der Waals surface area (Å²) in [6, 6.07) is 13.0. The number of carbonyl (C=O) groups is 1. The topological polar surface area (TPSA) is 41.1 Å². The molecule has 0 spiro atoms. The van der Waals surface area contributed by atoms with Crippen LogP contribution in [0.1, 0.15) is 0 Å². The quantitative estimate of drug-likeness (QED) is 0.640. The van der Waals surface area contributed by atoms with Crippen LogP contribution in [0.2, 0.25) is 5.02 Å². The van der Waals surface area contributed by atoms with Gasteiger partial charge in [-0.1, -0.05) is 23.7 Å². The van der Waals surface area contributed by atoms with Gasteiger partial charge >= 0.3 is 0 Å². The number of nitrogens with one attached hydrogen (secondary N) is 2. The summed E-state index contributed by atoms with van der Waals surface area (Å²) in [5.74, 6) is -0.109. The Bertz CT molecular complexity index is 636. The molecule has 6 heteroatoms. The lowest BCUT2D eigenvalue weighted by molar-refractivity contribution is -0.114. The molecule has 0 radical (unpaired) electrons. The van der Waals surface area contributed by atoms with Crippen molar-refractivity contribution in [3.8, 4) is 0 Å². The summed E-state index contributed by atoms with van der Waals surface area (Å²) in [6.45, 7) is 0.193. The monoisotopic (exact) mass is 464 g/mol. The minimum Gasteiger partial charge on any atom is -0.375 e. The average molecular weight is 466 g/mol. The third kappa shape index (κ3) is 4.36. The van der Waals surface area contributed by atoms with Crippen molar-refractivity contribution in [1.29, 1.82) is 0 Å². The fraction of sp³-hybridized carbons (Fsp3) is 0.0714. The van der Waals surface area contributed by atoms with Crippen molar-refractivity contribution in [3.05, 3.63) is 55.5 Å². The number of para-hydroxylation sites is 1. The summed E-state index contributed by atoms with van der Waals surface area (Å²) >= 11 is 11.5. The van der Waals surface area contributed by atoms with Crippen molar-refractivity contribution >= 4 is 67.4 Å². The van der Waals surface area contributed by atoms with Gasteiger partial charge in [-0.25, -0.2) is 0 Å². The van der Waals surface area contributed by atoms with Gasteiger partial charge in [0.05, 0.1) is 12.2 Å². The molecule has 3 nitrogen and oxygen atoms in total. The van der Waals surface area contributed by atoms with Crippen LogP contribution in [0.5, 0.6) is 0 Å². The molecule has 0 aromatic heterocycles. The first-order valence-corrected chi connectivity index (χ1v) is 8.04. The molecule has 0 saturated heterocycles. The van der Waals surface area contributed by atoms with E-state index in [1.807, 2.05) is 36.4 Å². The zero-order valence-electron chi connectivity index (χ0n) is 10.3. The molecule has 0 heterocycles. The van der Waals surface area contributed by atoms with Crippen LogP contribution in [0.15, 0.2) is 46.9 Å². The highest BCUT2D eigenvalue weighted by Gasteiger charge is 2.06. The summed E-state index contributed by atoms with van der Waals surface area (Å²) in [5, 5.41) is 6.60. The molecule has 0 unspecified atom stereocenters. The summed E-state index contributed by atoms with van der Waals surface area (Å²) in [5.41, 5.74) is 1.64. The Morgan fingerprint density at radius 1 is 1.20 bits per heavy atom. The minimum absolute atomic E-state index is 0.109. The molecular formula is C14H11BrClIN2O. The molecule has 0 fully saturated rings. The van der Waals surface area contributed by atoms with Crippen molar-refractivity contribution in [3.63, 3.8) is 0 Å². The first-order valence-electron chi connectivity index (χ1n) is 5.79. The summed E-state index contributed by atoms with van der Waals surface area (Å²) in [7, 11) is 0. The number of benzene rings is 2. The number of carbonyl (C=O) groups excluding carboxylic acids is 1. The number of anilines is 2. The SMILES string of the molecule is O=C(CNc1ccc(Cl)cc1I)Nc1ccccc1Br. The summed E-state index contributed by atoms with van der Waals surface area (Å²) in [6.07, 6.45) is 0. The Morgan fingerprint density at radius 2 is 1.95 bits per heavy atom. The van der Waals surface area contributed by atoms with E-state index in [1.54, 1.807) is 6.07 Å². The Morgan fingerprint density at radius 3 is 2.65 bits per heavy atom. The lowest BCUT2D eigenvalue weighted by atomic mass is 10.3. The molecule has 0 saturated carbocycles. The Kier molecular flexibility index (Phi) is 5.68. The number of amides is 1. The maximum Gasteiger partial charge on any atom is 0.243 e. The van der Waals surface area contributed by atoms with Gasteiger partial charge in [0.15, 0.2) is 0 Å². The fourth-order valence-electron chi connectivity index (χ4n) is 1.57. The van der Waals surface area contributed by atoms with Gasteiger partial charge < -0.3 is 10.6 Å². The molecule has 2 N–H and O–H groups in total. The number of hydrogen-bond donors (Lipinski definition) is 2.